The van der Waals surface area contributed by atoms with E-state index < -0.39 is 0 Å². The fourth-order valence-electron chi connectivity index (χ4n) is 2.03. The van der Waals surface area contributed by atoms with E-state index in [1.54, 1.807) is 4.68 Å². The van der Waals surface area contributed by atoms with E-state index in [0.717, 1.165) is 20.4 Å². The van der Waals surface area contributed by atoms with Crippen molar-refractivity contribution in [2.24, 2.45) is 12.8 Å². The summed E-state index contributed by atoms with van der Waals surface area (Å²) in [6.07, 6.45) is 1.49. The molecule has 0 aliphatic rings. The lowest BCUT2D eigenvalue weighted by atomic mass is 10.3. The van der Waals surface area contributed by atoms with E-state index >= 15 is 0 Å². The van der Waals surface area contributed by atoms with Gasteiger partial charge in [-0.15, -0.1) is 0 Å². The first kappa shape index (κ1) is 14.7. The SMILES string of the molecule is Cc1nn(C)c(Cn2ccc(=O)n(CCN)c2=O)c1Br. The number of aryl methyl sites for hydroxylation is 2. The fraction of sp³-hybridized carbons (Fsp3) is 0.417. The van der Waals surface area contributed by atoms with Crippen LogP contribution in [0.5, 0.6) is 0 Å². The Morgan fingerprint density at radius 1 is 1.40 bits per heavy atom. The summed E-state index contributed by atoms with van der Waals surface area (Å²) in [6, 6.07) is 1.37. The average molecular weight is 342 g/mol. The molecule has 2 aromatic rings. The standard InChI is InChI=1S/C12H16BrN5O2/c1-8-11(13)9(16(2)15-8)7-17-5-3-10(19)18(6-4-14)12(17)20/h3,5H,4,6-7,14H2,1-2H3. The molecule has 0 bridgehead atoms. The van der Waals surface area contributed by atoms with Gasteiger partial charge in [0.1, 0.15) is 0 Å². The van der Waals surface area contributed by atoms with Crippen LogP contribution in [0.2, 0.25) is 0 Å². The largest absolute Gasteiger partial charge is 0.331 e. The summed E-state index contributed by atoms with van der Waals surface area (Å²) in [5.41, 5.74) is 6.44. The highest BCUT2D eigenvalue weighted by molar-refractivity contribution is 9.10. The van der Waals surface area contributed by atoms with Crippen molar-refractivity contribution in [1.82, 2.24) is 18.9 Å². The topological polar surface area (TPSA) is 87.8 Å². The lowest BCUT2D eigenvalue weighted by Gasteiger charge is -2.09. The van der Waals surface area contributed by atoms with Crippen molar-refractivity contribution in [2.45, 2.75) is 20.0 Å². The minimum atomic E-state index is -0.367. The summed E-state index contributed by atoms with van der Waals surface area (Å²) >= 11 is 3.46. The van der Waals surface area contributed by atoms with Gasteiger partial charge < -0.3 is 5.73 Å². The predicted octanol–water partition coefficient (Wildman–Crippen LogP) is -0.179. The molecular formula is C12H16BrN5O2. The Hall–Kier alpha value is -1.67. The summed E-state index contributed by atoms with van der Waals surface area (Å²) in [7, 11) is 1.81. The van der Waals surface area contributed by atoms with E-state index in [2.05, 4.69) is 21.0 Å². The number of hydrogen-bond donors (Lipinski definition) is 1. The third-order valence-corrected chi connectivity index (χ3v) is 4.11. The molecule has 0 fully saturated rings. The Morgan fingerprint density at radius 2 is 2.10 bits per heavy atom. The van der Waals surface area contributed by atoms with Gasteiger partial charge >= 0.3 is 5.69 Å². The van der Waals surface area contributed by atoms with Crippen LogP contribution in [0.1, 0.15) is 11.4 Å². The minimum absolute atomic E-state index is 0.212. The summed E-state index contributed by atoms with van der Waals surface area (Å²) in [5.74, 6) is 0. The van der Waals surface area contributed by atoms with Crippen LogP contribution in [0, 0.1) is 6.92 Å². The molecule has 0 spiro atoms. The van der Waals surface area contributed by atoms with E-state index in [1.807, 2.05) is 14.0 Å². The second kappa shape index (κ2) is 5.76. The zero-order chi connectivity index (χ0) is 14.9. The van der Waals surface area contributed by atoms with Gasteiger partial charge in [-0.25, -0.2) is 4.79 Å². The fourth-order valence-corrected chi connectivity index (χ4v) is 2.49. The molecule has 2 rings (SSSR count). The molecular weight excluding hydrogens is 326 g/mol. The Morgan fingerprint density at radius 3 is 2.65 bits per heavy atom. The Kier molecular flexibility index (Phi) is 4.24. The molecule has 0 saturated heterocycles. The van der Waals surface area contributed by atoms with Crippen molar-refractivity contribution in [3.8, 4) is 0 Å². The first-order chi connectivity index (χ1) is 9.45. The van der Waals surface area contributed by atoms with Crippen molar-refractivity contribution in [3.63, 3.8) is 0 Å². The molecule has 0 radical (unpaired) electrons. The number of nitrogens with zero attached hydrogens (tertiary/aromatic N) is 4. The maximum atomic E-state index is 12.2. The van der Waals surface area contributed by atoms with Gasteiger partial charge in [-0.05, 0) is 22.9 Å². The van der Waals surface area contributed by atoms with E-state index in [-0.39, 0.29) is 24.3 Å². The lowest BCUT2D eigenvalue weighted by molar-refractivity contribution is 0.563. The molecule has 2 aromatic heterocycles. The number of nitrogens with two attached hydrogens (primary N) is 1. The highest BCUT2D eigenvalue weighted by atomic mass is 79.9. The van der Waals surface area contributed by atoms with Gasteiger partial charge in [0.15, 0.2) is 0 Å². The van der Waals surface area contributed by atoms with Crippen molar-refractivity contribution in [3.05, 3.63) is 49.0 Å². The first-order valence-corrected chi connectivity index (χ1v) is 6.93. The molecule has 0 saturated carbocycles. The van der Waals surface area contributed by atoms with Gasteiger partial charge in [-0.1, -0.05) is 0 Å². The van der Waals surface area contributed by atoms with Crippen molar-refractivity contribution < 1.29 is 0 Å². The number of aromatic nitrogens is 4. The average Bonchev–Trinajstić information content (AvgIpc) is 2.64. The van der Waals surface area contributed by atoms with Crippen molar-refractivity contribution >= 4 is 15.9 Å². The van der Waals surface area contributed by atoms with Crippen molar-refractivity contribution in [1.29, 1.82) is 0 Å². The molecule has 20 heavy (non-hydrogen) atoms. The quantitative estimate of drug-likeness (QED) is 0.835. The van der Waals surface area contributed by atoms with Crippen LogP contribution in [0.4, 0.5) is 0 Å². The van der Waals surface area contributed by atoms with E-state index in [9.17, 15) is 9.59 Å². The second-order valence-corrected chi connectivity index (χ2v) is 5.27. The molecule has 2 heterocycles. The zero-order valence-corrected chi connectivity index (χ0v) is 12.9. The maximum Gasteiger partial charge on any atom is 0.331 e. The molecule has 0 atom stereocenters. The Balaban J connectivity index is 2.47. The molecule has 0 amide bonds. The second-order valence-electron chi connectivity index (χ2n) is 4.47. The zero-order valence-electron chi connectivity index (χ0n) is 11.3. The van der Waals surface area contributed by atoms with E-state index in [4.69, 9.17) is 5.73 Å². The summed E-state index contributed by atoms with van der Waals surface area (Å²) in [4.78, 5) is 23.9. The molecule has 2 N–H and O–H groups in total. The van der Waals surface area contributed by atoms with E-state index in [1.165, 1.54) is 16.8 Å². The molecule has 0 unspecified atom stereocenters. The van der Waals surface area contributed by atoms with Gasteiger partial charge in [0, 0.05) is 32.4 Å². The predicted molar refractivity (Wildman–Crippen MR) is 78.8 cm³/mol. The summed E-state index contributed by atoms with van der Waals surface area (Å²) in [5, 5.41) is 4.28. The van der Waals surface area contributed by atoms with Crippen LogP contribution in [0.25, 0.3) is 0 Å². The van der Waals surface area contributed by atoms with Gasteiger partial charge in [-0.2, -0.15) is 5.10 Å². The van der Waals surface area contributed by atoms with Crippen LogP contribution in [0.3, 0.4) is 0 Å². The van der Waals surface area contributed by atoms with Crippen LogP contribution < -0.4 is 17.0 Å². The first-order valence-electron chi connectivity index (χ1n) is 6.14. The Labute approximate surface area is 123 Å². The number of hydrogen-bond acceptors (Lipinski definition) is 4. The van der Waals surface area contributed by atoms with Crippen LogP contribution in [-0.4, -0.2) is 25.5 Å². The molecule has 7 nitrogen and oxygen atoms in total. The summed E-state index contributed by atoms with van der Waals surface area (Å²) in [6.45, 7) is 2.67. The minimum Gasteiger partial charge on any atom is -0.329 e. The highest BCUT2D eigenvalue weighted by Crippen LogP contribution is 2.20. The van der Waals surface area contributed by atoms with Gasteiger partial charge in [-0.3, -0.25) is 18.6 Å². The van der Waals surface area contributed by atoms with Crippen LogP contribution >= 0.6 is 15.9 Å². The third-order valence-electron chi connectivity index (χ3n) is 3.07. The maximum absolute atomic E-state index is 12.2. The monoisotopic (exact) mass is 341 g/mol. The molecule has 108 valence electrons. The smallest absolute Gasteiger partial charge is 0.329 e. The van der Waals surface area contributed by atoms with Gasteiger partial charge in [0.2, 0.25) is 0 Å². The van der Waals surface area contributed by atoms with Crippen molar-refractivity contribution in [2.75, 3.05) is 6.54 Å². The van der Waals surface area contributed by atoms with Gasteiger partial charge in [0.25, 0.3) is 5.56 Å². The number of halogens is 1. The summed E-state index contributed by atoms with van der Waals surface area (Å²) < 4.78 is 5.18. The van der Waals surface area contributed by atoms with Gasteiger partial charge in [0.05, 0.1) is 22.4 Å². The molecule has 0 aliphatic heterocycles. The molecule has 0 aromatic carbocycles. The molecule has 8 heteroatoms. The van der Waals surface area contributed by atoms with E-state index in [0.29, 0.717) is 6.54 Å². The lowest BCUT2D eigenvalue weighted by Crippen LogP contribution is -2.40. The van der Waals surface area contributed by atoms with Crippen LogP contribution in [0.15, 0.2) is 26.3 Å². The normalized spacial score (nSPS) is 11.0. The third kappa shape index (κ3) is 2.61. The van der Waals surface area contributed by atoms with Crippen LogP contribution in [-0.2, 0) is 20.1 Å². The number of rotatable bonds is 4. The molecule has 0 aliphatic carbocycles. The highest BCUT2D eigenvalue weighted by Gasteiger charge is 2.13. The Bertz CT molecular complexity index is 743.